The molecule has 0 bridgehead atoms. The van der Waals surface area contributed by atoms with E-state index in [4.69, 9.17) is 40.5 Å². The van der Waals surface area contributed by atoms with Crippen LogP contribution in [0.3, 0.4) is 0 Å². The first-order valence-electron chi connectivity index (χ1n) is 5.45. The molecule has 1 nitrogen and oxygen atoms in total. The molecule has 94 valence electrons. The first kappa shape index (κ1) is 13.7. The van der Waals surface area contributed by atoms with Gasteiger partial charge in [0.05, 0.1) is 6.04 Å². The first-order chi connectivity index (χ1) is 8.49. The lowest BCUT2D eigenvalue weighted by atomic mass is 9.96. The Kier molecular flexibility index (Phi) is 4.18. The smallest absolute Gasteiger partial charge is 0.0570 e. The Bertz CT molecular complexity index is 530. The molecule has 0 aliphatic rings. The second-order valence-electron chi connectivity index (χ2n) is 4.14. The minimum atomic E-state index is -0.338. The molecule has 4 heteroatoms. The van der Waals surface area contributed by atoms with Crippen LogP contribution in [0.5, 0.6) is 0 Å². The molecule has 0 saturated heterocycles. The predicted molar refractivity (Wildman–Crippen MR) is 78.7 cm³/mol. The minimum absolute atomic E-state index is 0.338. The maximum atomic E-state index is 6.25. The van der Waals surface area contributed by atoms with Gasteiger partial charge in [-0.25, -0.2) is 0 Å². The monoisotopic (exact) mass is 299 g/mol. The van der Waals surface area contributed by atoms with Gasteiger partial charge in [0.2, 0.25) is 0 Å². The Hall–Kier alpha value is -0.730. The van der Waals surface area contributed by atoms with Gasteiger partial charge in [-0.15, -0.1) is 0 Å². The van der Waals surface area contributed by atoms with E-state index in [0.29, 0.717) is 15.1 Å². The maximum absolute atomic E-state index is 6.25. The fourth-order valence-corrected chi connectivity index (χ4v) is 2.46. The standard InChI is InChI=1S/C14H12Cl3N/c1-8-2-3-9(15)6-11(8)14(18)12-7-10(16)4-5-13(12)17/h2-7,14H,18H2,1H3. The molecule has 0 saturated carbocycles. The molecule has 0 fully saturated rings. The van der Waals surface area contributed by atoms with Crippen molar-refractivity contribution in [2.45, 2.75) is 13.0 Å². The number of halogens is 3. The highest BCUT2D eigenvalue weighted by Crippen LogP contribution is 2.31. The molecule has 0 amide bonds. The van der Waals surface area contributed by atoms with Gasteiger partial charge >= 0.3 is 0 Å². The molecular formula is C14H12Cl3N. The summed E-state index contributed by atoms with van der Waals surface area (Å²) in [5, 5.41) is 1.88. The van der Waals surface area contributed by atoms with Crippen molar-refractivity contribution in [3.05, 3.63) is 68.2 Å². The summed E-state index contributed by atoms with van der Waals surface area (Å²) in [6.07, 6.45) is 0. The highest BCUT2D eigenvalue weighted by molar-refractivity contribution is 6.33. The highest BCUT2D eigenvalue weighted by atomic mass is 35.5. The summed E-state index contributed by atoms with van der Waals surface area (Å²) >= 11 is 18.1. The summed E-state index contributed by atoms with van der Waals surface area (Å²) in [6.45, 7) is 1.99. The molecule has 2 aromatic rings. The Labute approximate surface area is 121 Å². The zero-order chi connectivity index (χ0) is 13.3. The molecule has 1 unspecified atom stereocenters. The lowest BCUT2D eigenvalue weighted by molar-refractivity contribution is 0.862. The van der Waals surface area contributed by atoms with Crippen LogP contribution in [0.15, 0.2) is 36.4 Å². The molecule has 2 rings (SSSR count). The van der Waals surface area contributed by atoms with Crippen LogP contribution in [0.1, 0.15) is 22.7 Å². The Balaban J connectivity index is 2.50. The van der Waals surface area contributed by atoms with Gasteiger partial charge < -0.3 is 5.73 Å². The first-order valence-corrected chi connectivity index (χ1v) is 6.59. The highest BCUT2D eigenvalue weighted by Gasteiger charge is 2.15. The second-order valence-corrected chi connectivity index (χ2v) is 5.42. The number of hydrogen-bond acceptors (Lipinski definition) is 1. The van der Waals surface area contributed by atoms with E-state index in [2.05, 4.69) is 0 Å². The zero-order valence-electron chi connectivity index (χ0n) is 9.75. The number of hydrogen-bond donors (Lipinski definition) is 1. The van der Waals surface area contributed by atoms with Crippen molar-refractivity contribution in [2.24, 2.45) is 5.73 Å². The Morgan fingerprint density at radius 2 is 1.44 bits per heavy atom. The summed E-state index contributed by atoms with van der Waals surface area (Å²) in [7, 11) is 0. The van der Waals surface area contributed by atoms with Crippen molar-refractivity contribution >= 4 is 34.8 Å². The van der Waals surface area contributed by atoms with Gasteiger partial charge in [-0.3, -0.25) is 0 Å². The van der Waals surface area contributed by atoms with Gasteiger partial charge in [-0.05, 0) is 53.9 Å². The van der Waals surface area contributed by atoms with Crippen LogP contribution >= 0.6 is 34.8 Å². The van der Waals surface area contributed by atoms with Gasteiger partial charge in [0, 0.05) is 15.1 Å². The molecule has 0 heterocycles. The van der Waals surface area contributed by atoms with Crippen molar-refractivity contribution in [2.75, 3.05) is 0 Å². The number of rotatable bonds is 2. The second kappa shape index (κ2) is 5.50. The molecule has 0 aliphatic heterocycles. The van der Waals surface area contributed by atoms with Gasteiger partial charge in [-0.1, -0.05) is 40.9 Å². The van der Waals surface area contributed by atoms with Crippen LogP contribution in [-0.4, -0.2) is 0 Å². The molecule has 0 aromatic heterocycles. The lowest BCUT2D eigenvalue weighted by Crippen LogP contribution is -2.13. The molecule has 2 N–H and O–H groups in total. The van der Waals surface area contributed by atoms with Crippen LogP contribution in [0.2, 0.25) is 15.1 Å². The van der Waals surface area contributed by atoms with Crippen molar-refractivity contribution < 1.29 is 0 Å². The molecule has 1 atom stereocenters. The topological polar surface area (TPSA) is 26.0 Å². The van der Waals surface area contributed by atoms with Gasteiger partial charge in [-0.2, -0.15) is 0 Å². The van der Waals surface area contributed by atoms with E-state index in [9.17, 15) is 0 Å². The zero-order valence-corrected chi connectivity index (χ0v) is 12.0. The molecule has 18 heavy (non-hydrogen) atoms. The van der Waals surface area contributed by atoms with Crippen LogP contribution in [0.4, 0.5) is 0 Å². The summed E-state index contributed by atoms with van der Waals surface area (Å²) in [6, 6.07) is 10.6. The molecule has 0 radical (unpaired) electrons. The lowest BCUT2D eigenvalue weighted by Gasteiger charge is -2.17. The maximum Gasteiger partial charge on any atom is 0.0570 e. The third-order valence-corrected chi connectivity index (χ3v) is 3.68. The normalized spacial score (nSPS) is 12.5. The third kappa shape index (κ3) is 2.81. The van der Waals surface area contributed by atoms with Crippen molar-refractivity contribution in [3.8, 4) is 0 Å². The molecular weight excluding hydrogens is 289 g/mol. The average molecular weight is 301 g/mol. The largest absolute Gasteiger partial charge is 0.320 e. The van der Waals surface area contributed by atoms with Gasteiger partial charge in [0.15, 0.2) is 0 Å². The van der Waals surface area contributed by atoms with Gasteiger partial charge in [0.1, 0.15) is 0 Å². The fraction of sp³-hybridized carbons (Fsp3) is 0.143. The predicted octanol–water partition coefficient (Wildman–Crippen LogP) is 5.00. The van der Waals surface area contributed by atoms with E-state index in [0.717, 1.165) is 16.7 Å². The van der Waals surface area contributed by atoms with Crippen LogP contribution < -0.4 is 5.73 Å². The molecule has 0 spiro atoms. The van der Waals surface area contributed by atoms with E-state index in [1.807, 2.05) is 25.1 Å². The Morgan fingerprint density at radius 1 is 0.889 bits per heavy atom. The fourth-order valence-electron chi connectivity index (χ4n) is 1.87. The summed E-state index contributed by atoms with van der Waals surface area (Å²) in [4.78, 5) is 0. The Morgan fingerprint density at radius 3 is 2.11 bits per heavy atom. The number of benzene rings is 2. The average Bonchev–Trinajstić information content (AvgIpc) is 2.34. The SMILES string of the molecule is Cc1ccc(Cl)cc1C(N)c1cc(Cl)ccc1Cl. The minimum Gasteiger partial charge on any atom is -0.320 e. The number of aryl methyl sites for hydroxylation is 1. The quantitative estimate of drug-likeness (QED) is 0.829. The third-order valence-electron chi connectivity index (χ3n) is 2.87. The summed E-state index contributed by atoms with van der Waals surface area (Å²) in [5.74, 6) is 0. The van der Waals surface area contributed by atoms with E-state index in [1.165, 1.54) is 0 Å². The number of nitrogens with two attached hydrogens (primary N) is 1. The van der Waals surface area contributed by atoms with Crippen LogP contribution in [-0.2, 0) is 0 Å². The molecule has 0 aliphatic carbocycles. The van der Waals surface area contributed by atoms with Crippen LogP contribution in [0.25, 0.3) is 0 Å². The summed E-state index contributed by atoms with van der Waals surface area (Å²) < 4.78 is 0. The van der Waals surface area contributed by atoms with E-state index in [-0.39, 0.29) is 6.04 Å². The van der Waals surface area contributed by atoms with E-state index in [1.54, 1.807) is 18.2 Å². The van der Waals surface area contributed by atoms with E-state index >= 15 is 0 Å². The van der Waals surface area contributed by atoms with Gasteiger partial charge in [0.25, 0.3) is 0 Å². The van der Waals surface area contributed by atoms with E-state index < -0.39 is 0 Å². The molecule has 2 aromatic carbocycles. The van der Waals surface area contributed by atoms with Crippen molar-refractivity contribution in [1.29, 1.82) is 0 Å². The van der Waals surface area contributed by atoms with Crippen molar-refractivity contribution in [3.63, 3.8) is 0 Å². The van der Waals surface area contributed by atoms with Crippen molar-refractivity contribution in [1.82, 2.24) is 0 Å². The van der Waals surface area contributed by atoms with Crippen LogP contribution in [0, 0.1) is 6.92 Å². The summed E-state index contributed by atoms with van der Waals surface area (Å²) in [5.41, 5.74) is 9.08.